The highest BCUT2D eigenvalue weighted by molar-refractivity contribution is 6.08. The third-order valence-electron chi connectivity index (χ3n) is 3.32. The second-order valence-corrected chi connectivity index (χ2v) is 4.69. The van der Waals surface area contributed by atoms with E-state index in [2.05, 4.69) is 0 Å². The van der Waals surface area contributed by atoms with Crippen LogP contribution in [-0.2, 0) is 33.3 Å². The van der Waals surface area contributed by atoms with Gasteiger partial charge < -0.3 is 18.9 Å². The predicted octanol–water partition coefficient (Wildman–Crippen LogP) is 0.863. The van der Waals surface area contributed by atoms with E-state index in [9.17, 15) is 14.4 Å². The molecule has 0 atom stereocenters. The molecule has 0 aromatic rings. The van der Waals surface area contributed by atoms with E-state index in [1.165, 1.54) is 0 Å². The largest absolute Gasteiger partial charge is 0.497 e. The molecular weight excluding hydrogens is 280 g/mol. The Balaban J connectivity index is 2.38. The lowest BCUT2D eigenvalue weighted by Crippen LogP contribution is -2.55. The summed E-state index contributed by atoms with van der Waals surface area (Å²) in [6, 6.07) is 0. The molecule has 7 heteroatoms. The van der Waals surface area contributed by atoms with Crippen LogP contribution in [0, 0.1) is 0 Å². The van der Waals surface area contributed by atoms with Gasteiger partial charge >= 0.3 is 23.5 Å². The highest BCUT2D eigenvalue weighted by Gasteiger charge is 2.57. The van der Waals surface area contributed by atoms with Crippen LogP contribution in [-0.4, -0.2) is 43.3 Å². The van der Waals surface area contributed by atoms with Crippen LogP contribution in [0.1, 0.15) is 33.1 Å². The third-order valence-corrected chi connectivity index (χ3v) is 3.32. The minimum Gasteiger partial charge on any atom is -0.497 e. The van der Waals surface area contributed by atoms with Gasteiger partial charge in [0.2, 0.25) is 0 Å². The van der Waals surface area contributed by atoms with Gasteiger partial charge in [0.1, 0.15) is 5.76 Å². The summed E-state index contributed by atoms with van der Waals surface area (Å²) in [6.45, 7) is 3.76. The fraction of sp³-hybridized carbons (Fsp3) is 0.643. The molecule has 2 aliphatic heterocycles. The molecular formula is C14H18O7. The van der Waals surface area contributed by atoms with Crippen LogP contribution in [0.15, 0.2) is 11.3 Å². The quantitative estimate of drug-likeness (QED) is 0.432. The topological polar surface area (TPSA) is 88.1 Å². The molecule has 0 saturated heterocycles. The smallest absolute Gasteiger partial charge is 0.363 e. The first-order valence-electron chi connectivity index (χ1n) is 6.97. The number of carbonyl (C=O) groups excluding carboxylic acids is 3. The van der Waals surface area contributed by atoms with E-state index in [0.29, 0.717) is 30.8 Å². The molecule has 0 aromatic carbocycles. The molecule has 0 spiro atoms. The molecule has 0 aliphatic carbocycles. The highest BCUT2D eigenvalue weighted by atomic mass is 16.6. The van der Waals surface area contributed by atoms with Gasteiger partial charge in [-0.3, -0.25) is 0 Å². The summed E-state index contributed by atoms with van der Waals surface area (Å²) >= 11 is 0. The van der Waals surface area contributed by atoms with Crippen molar-refractivity contribution < 1.29 is 33.3 Å². The number of carbonyl (C=O) groups is 3. The molecule has 0 unspecified atom stereocenters. The third kappa shape index (κ3) is 2.72. The van der Waals surface area contributed by atoms with E-state index >= 15 is 0 Å². The zero-order chi connectivity index (χ0) is 15.5. The summed E-state index contributed by atoms with van der Waals surface area (Å²) in [5, 5.41) is 0. The Hall–Kier alpha value is -2.05. The first kappa shape index (κ1) is 15.3. The van der Waals surface area contributed by atoms with E-state index < -0.39 is 23.5 Å². The second-order valence-electron chi connectivity index (χ2n) is 4.69. The lowest BCUT2D eigenvalue weighted by molar-refractivity contribution is -0.198. The molecule has 0 N–H and O–H groups in total. The fourth-order valence-electron chi connectivity index (χ4n) is 2.33. The SMILES string of the molecule is CCOC(=O)C1(C(=O)OCC)CC2=C(CCCO2)C(=O)O1. The zero-order valence-electron chi connectivity index (χ0n) is 12.1. The van der Waals surface area contributed by atoms with E-state index in [0.717, 1.165) is 0 Å². The van der Waals surface area contributed by atoms with Crippen molar-refractivity contribution >= 4 is 17.9 Å². The average molecular weight is 298 g/mol. The van der Waals surface area contributed by atoms with Gasteiger partial charge in [-0.15, -0.1) is 0 Å². The number of esters is 3. The summed E-state index contributed by atoms with van der Waals surface area (Å²) in [5.41, 5.74) is -1.72. The number of cyclic esters (lactones) is 1. The lowest BCUT2D eigenvalue weighted by Gasteiger charge is -2.35. The molecule has 2 rings (SSSR count). The van der Waals surface area contributed by atoms with E-state index in [1.54, 1.807) is 13.8 Å². The van der Waals surface area contributed by atoms with Gasteiger partial charge in [-0.05, 0) is 26.7 Å². The van der Waals surface area contributed by atoms with Crippen LogP contribution in [0.4, 0.5) is 0 Å². The van der Waals surface area contributed by atoms with Gasteiger partial charge in [0.15, 0.2) is 0 Å². The summed E-state index contributed by atoms with van der Waals surface area (Å²) in [4.78, 5) is 36.4. The maximum Gasteiger partial charge on any atom is 0.363 e. The van der Waals surface area contributed by atoms with Crippen molar-refractivity contribution in [3.05, 3.63) is 11.3 Å². The molecule has 2 aliphatic rings. The molecule has 0 amide bonds. The van der Waals surface area contributed by atoms with Crippen molar-refractivity contribution in [2.45, 2.75) is 38.7 Å². The number of hydrogen-bond donors (Lipinski definition) is 0. The normalized spacial score (nSPS) is 20.0. The van der Waals surface area contributed by atoms with E-state index in [-0.39, 0.29) is 19.6 Å². The molecule has 0 radical (unpaired) electrons. The van der Waals surface area contributed by atoms with Crippen molar-refractivity contribution in [1.29, 1.82) is 0 Å². The van der Waals surface area contributed by atoms with Crippen molar-refractivity contribution in [3.63, 3.8) is 0 Å². The van der Waals surface area contributed by atoms with Gasteiger partial charge in [0.25, 0.3) is 0 Å². The molecule has 0 aromatic heterocycles. The summed E-state index contributed by atoms with van der Waals surface area (Å²) < 4.78 is 20.3. The van der Waals surface area contributed by atoms with Gasteiger partial charge in [-0.2, -0.15) is 0 Å². The second kappa shape index (κ2) is 6.15. The first-order valence-corrected chi connectivity index (χ1v) is 6.97. The Morgan fingerprint density at radius 3 is 2.38 bits per heavy atom. The van der Waals surface area contributed by atoms with Crippen molar-refractivity contribution in [2.75, 3.05) is 19.8 Å². The maximum absolute atomic E-state index is 12.2. The van der Waals surface area contributed by atoms with Crippen LogP contribution >= 0.6 is 0 Å². The standard InChI is InChI=1S/C14H18O7/c1-3-18-12(16)14(13(17)19-4-2)8-10-9(11(15)21-14)6-5-7-20-10/h3-8H2,1-2H3. The summed E-state index contributed by atoms with van der Waals surface area (Å²) in [6.07, 6.45) is 1.03. The molecule has 116 valence electrons. The lowest BCUT2D eigenvalue weighted by atomic mass is 9.90. The van der Waals surface area contributed by atoms with E-state index in [1.807, 2.05) is 0 Å². The molecule has 21 heavy (non-hydrogen) atoms. The van der Waals surface area contributed by atoms with Crippen molar-refractivity contribution in [1.82, 2.24) is 0 Å². The Labute approximate surface area is 122 Å². The van der Waals surface area contributed by atoms with Crippen molar-refractivity contribution in [3.8, 4) is 0 Å². The Morgan fingerprint density at radius 1 is 1.19 bits per heavy atom. The Bertz CT molecular complexity index is 474. The highest BCUT2D eigenvalue weighted by Crippen LogP contribution is 2.36. The fourth-order valence-corrected chi connectivity index (χ4v) is 2.33. The maximum atomic E-state index is 12.2. The van der Waals surface area contributed by atoms with Gasteiger partial charge in [-0.1, -0.05) is 0 Å². The molecule has 2 heterocycles. The van der Waals surface area contributed by atoms with Crippen molar-refractivity contribution in [2.24, 2.45) is 0 Å². The summed E-state index contributed by atoms with van der Waals surface area (Å²) in [7, 11) is 0. The van der Waals surface area contributed by atoms with Gasteiger partial charge in [0, 0.05) is 0 Å². The van der Waals surface area contributed by atoms with Crippen LogP contribution in [0.3, 0.4) is 0 Å². The summed E-state index contributed by atoms with van der Waals surface area (Å²) in [5.74, 6) is -2.27. The molecule has 7 nitrogen and oxygen atoms in total. The van der Waals surface area contributed by atoms with Crippen LogP contribution < -0.4 is 0 Å². The number of hydrogen-bond acceptors (Lipinski definition) is 7. The minimum absolute atomic E-state index is 0.0598. The van der Waals surface area contributed by atoms with Crippen LogP contribution in [0.5, 0.6) is 0 Å². The van der Waals surface area contributed by atoms with Crippen LogP contribution in [0.25, 0.3) is 0 Å². The Kier molecular flexibility index (Phi) is 4.50. The Morgan fingerprint density at radius 2 is 1.81 bits per heavy atom. The predicted molar refractivity (Wildman–Crippen MR) is 68.9 cm³/mol. The average Bonchev–Trinajstić information content (AvgIpc) is 2.47. The monoisotopic (exact) mass is 298 g/mol. The van der Waals surface area contributed by atoms with Gasteiger partial charge in [-0.25, -0.2) is 14.4 Å². The zero-order valence-corrected chi connectivity index (χ0v) is 12.1. The van der Waals surface area contributed by atoms with E-state index in [4.69, 9.17) is 18.9 Å². The van der Waals surface area contributed by atoms with Crippen LogP contribution in [0.2, 0.25) is 0 Å². The minimum atomic E-state index is -2.10. The molecule has 0 fully saturated rings. The molecule has 0 bridgehead atoms. The molecule has 0 saturated carbocycles. The van der Waals surface area contributed by atoms with Gasteiger partial charge in [0.05, 0.1) is 31.8 Å². The first-order chi connectivity index (χ1) is 10.0. The number of ether oxygens (including phenoxy) is 4. The number of rotatable bonds is 4.